The van der Waals surface area contributed by atoms with E-state index in [1.807, 2.05) is 58.2 Å². The van der Waals surface area contributed by atoms with Crippen LogP contribution < -0.4 is 4.90 Å². The van der Waals surface area contributed by atoms with Crippen LogP contribution in [0.2, 0.25) is 5.02 Å². The smallest absolute Gasteiger partial charge is 0.222 e. The number of benzene rings is 2. The van der Waals surface area contributed by atoms with Gasteiger partial charge in [-0.05, 0) is 48.9 Å². The fourth-order valence-corrected chi connectivity index (χ4v) is 5.12. The fraction of sp³-hybridized carbons (Fsp3) is 0.400. The number of aromatic nitrogens is 4. The van der Waals surface area contributed by atoms with E-state index in [-0.39, 0.29) is 5.91 Å². The molecule has 2 aromatic carbocycles. The highest BCUT2D eigenvalue weighted by Gasteiger charge is 2.23. The van der Waals surface area contributed by atoms with Crippen LogP contribution in [0.3, 0.4) is 0 Å². The summed E-state index contributed by atoms with van der Waals surface area (Å²) in [6.45, 7) is 7.45. The lowest BCUT2D eigenvalue weighted by atomic mass is 10.1. The molecule has 3 heterocycles. The number of halogens is 1. The first-order valence-corrected chi connectivity index (χ1v) is 13.9. The van der Waals surface area contributed by atoms with Crippen molar-refractivity contribution >= 4 is 34.4 Å². The molecular weight excluding hydrogens is 496 g/mol. The predicted octanol–water partition coefficient (Wildman–Crippen LogP) is 5.73. The number of anilines is 1. The van der Waals surface area contributed by atoms with Crippen molar-refractivity contribution in [2.24, 2.45) is 5.92 Å². The monoisotopic (exact) mass is 530 g/mol. The molecule has 0 unspecified atom stereocenters. The van der Waals surface area contributed by atoms with Gasteiger partial charge in [-0.3, -0.25) is 4.79 Å². The number of nitrogens with zero attached hydrogens (tertiary/aromatic N) is 6. The molecule has 1 aliphatic heterocycles. The van der Waals surface area contributed by atoms with Crippen molar-refractivity contribution < 1.29 is 4.79 Å². The zero-order valence-electron chi connectivity index (χ0n) is 22.2. The van der Waals surface area contributed by atoms with E-state index >= 15 is 0 Å². The SMILES string of the molecule is CC(C)CCc1nc(N2CCCN(C(=O)CCc3ccccc3)CC2)c2cnn(-c3cccc(Cl)c3)c2n1. The van der Waals surface area contributed by atoms with E-state index in [0.29, 0.717) is 23.9 Å². The number of hydrogen-bond donors (Lipinski definition) is 0. The molecule has 0 aliphatic carbocycles. The van der Waals surface area contributed by atoms with Gasteiger partial charge in [0.05, 0.1) is 17.3 Å². The van der Waals surface area contributed by atoms with Gasteiger partial charge in [0.1, 0.15) is 11.6 Å². The van der Waals surface area contributed by atoms with Crippen molar-refractivity contribution in [3.63, 3.8) is 0 Å². The lowest BCUT2D eigenvalue weighted by molar-refractivity contribution is -0.130. The molecule has 7 nitrogen and oxygen atoms in total. The molecule has 0 radical (unpaired) electrons. The molecule has 0 spiro atoms. The normalized spacial score (nSPS) is 14.3. The Kier molecular flexibility index (Phi) is 8.23. The highest BCUT2D eigenvalue weighted by Crippen LogP contribution is 2.28. The number of aryl methyl sites for hydroxylation is 2. The van der Waals surface area contributed by atoms with Crippen molar-refractivity contribution in [1.82, 2.24) is 24.6 Å². The van der Waals surface area contributed by atoms with Crippen molar-refractivity contribution in [3.8, 4) is 5.69 Å². The minimum atomic E-state index is 0.218. The first-order valence-electron chi connectivity index (χ1n) is 13.5. The van der Waals surface area contributed by atoms with Gasteiger partial charge in [0, 0.05) is 44.0 Å². The maximum atomic E-state index is 13.0. The highest BCUT2D eigenvalue weighted by atomic mass is 35.5. The third-order valence-corrected chi connectivity index (χ3v) is 7.31. The van der Waals surface area contributed by atoms with E-state index in [1.165, 1.54) is 5.56 Å². The van der Waals surface area contributed by atoms with Gasteiger partial charge in [-0.1, -0.05) is 61.8 Å². The van der Waals surface area contributed by atoms with E-state index in [4.69, 9.17) is 21.6 Å². The van der Waals surface area contributed by atoms with Crippen molar-refractivity contribution in [1.29, 1.82) is 0 Å². The molecule has 5 rings (SSSR count). The predicted molar refractivity (Wildman–Crippen MR) is 153 cm³/mol. The second-order valence-electron chi connectivity index (χ2n) is 10.4. The number of amides is 1. The van der Waals surface area contributed by atoms with Crippen LogP contribution in [0.15, 0.2) is 60.8 Å². The minimum absolute atomic E-state index is 0.218. The van der Waals surface area contributed by atoms with E-state index in [1.54, 1.807) is 0 Å². The Morgan fingerprint density at radius 2 is 1.82 bits per heavy atom. The van der Waals surface area contributed by atoms with E-state index in [9.17, 15) is 4.79 Å². The van der Waals surface area contributed by atoms with Crippen LogP contribution in [0, 0.1) is 5.92 Å². The van der Waals surface area contributed by atoms with E-state index in [2.05, 4.69) is 36.0 Å². The molecule has 1 saturated heterocycles. The summed E-state index contributed by atoms with van der Waals surface area (Å²) < 4.78 is 1.85. The van der Waals surface area contributed by atoms with Crippen LogP contribution in [0.25, 0.3) is 16.7 Å². The zero-order valence-corrected chi connectivity index (χ0v) is 22.9. The third-order valence-electron chi connectivity index (χ3n) is 7.07. The minimum Gasteiger partial charge on any atom is -0.354 e. The quantitative estimate of drug-likeness (QED) is 0.291. The second-order valence-corrected chi connectivity index (χ2v) is 10.8. The highest BCUT2D eigenvalue weighted by molar-refractivity contribution is 6.30. The first kappa shape index (κ1) is 26.2. The van der Waals surface area contributed by atoms with Gasteiger partial charge < -0.3 is 9.80 Å². The standard InChI is InChI=1S/C30H35ClN6O/c1-22(2)12-14-27-33-29(26-21-32-37(30(26)34-27)25-11-6-10-24(31)20-25)36-17-7-16-35(18-19-36)28(38)15-13-23-8-4-3-5-9-23/h3-6,8-11,20-22H,7,12-19H2,1-2H3. The van der Waals surface area contributed by atoms with Crippen LogP contribution in [-0.4, -0.2) is 56.7 Å². The molecule has 0 bridgehead atoms. The van der Waals surface area contributed by atoms with E-state index in [0.717, 1.165) is 73.7 Å². The largest absolute Gasteiger partial charge is 0.354 e. The number of hydrogen-bond acceptors (Lipinski definition) is 5. The number of fused-ring (bicyclic) bond motifs is 1. The first-order chi connectivity index (χ1) is 18.5. The lowest BCUT2D eigenvalue weighted by Crippen LogP contribution is -2.35. The van der Waals surface area contributed by atoms with Gasteiger partial charge >= 0.3 is 0 Å². The maximum Gasteiger partial charge on any atom is 0.222 e. The van der Waals surface area contributed by atoms with Gasteiger partial charge in [0.2, 0.25) is 5.91 Å². The lowest BCUT2D eigenvalue weighted by Gasteiger charge is -2.24. The third kappa shape index (κ3) is 6.16. The number of rotatable bonds is 8. The Balaban J connectivity index is 1.38. The van der Waals surface area contributed by atoms with Crippen molar-refractivity contribution in [2.45, 2.75) is 46.0 Å². The summed E-state index contributed by atoms with van der Waals surface area (Å²) in [6, 6.07) is 17.9. The molecular formula is C30H35ClN6O. The van der Waals surface area contributed by atoms with Crippen LogP contribution in [0.5, 0.6) is 0 Å². The molecule has 198 valence electrons. The van der Waals surface area contributed by atoms with Crippen LogP contribution >= 0.6 is 11.6 Å². The average Bonchev–Trinajstić information content (AvgIpc) is 3.19. The Bertz CT molecular complexity index is 1390. The number of carbonyl (C=O) groups is 1. The maximum absolute atomic E-state index is 13.0. The fourth-order valence-electron chi connectivity index (χ4n) is 4.94. The molecule has 38 heavy (non-hydrogen) atoms. The van der Waals surface area contributed by atoms with Crippen LogP contribution in [0.1, 0.15) is 44.5 Å². The van der Waals surface area contributed by atoms with E-state index < -0.39 is 0 Å². The molecule has 0 atom stereocenters. The van der Waals surface area contributed by atoms with Gasteiger partial charge in [-0.15, -0.1) is 0 Å². The zero-order chi connectivity index (χ0) is 26.5. The molecule has 0 saturated carbocycles. The van der Waals surface area contributed by atoms with Gasteiger partial charge in [0.15, 0.2) is 5.65 Å². The molecule has 1 fully saturated rings. The van der Waals surface area contributed by atoms with Gasteiger partial charge in [-0.25, -0.2) is 14.6 Å². The van der Waals surface area contributed by atoms with Crippen molar-refractivity contribution in [3.05, 3.63) is 77.2 Å². The Morgan fingerprint density at radius 1 is 0.974 bits per heavy atom. The Morgan fingerprint density at radius 3 is 2.61 bits per heavy atom. The molecule has 1 aliphatic rings. The molecule has 4 aromatic rings. The summed E-state index contributed by atoms with van der Waals surface area (Å²) in [6.07, 6.45) is 5.87. The summed E-state index contributed by atoms with van der Waals surface area (Å²) in [7, 11) is 0. The molecule has 8 heteroatoms. The Labute approximate surface area is 229 Å². The summed E-state index contributed by atoms with van der Waals surface area (Å²) in [5, 5.41) is 6.26. The van der Waals surface area contributed by atoms with Gasteiger partial charge in [0.25, 0.3) is 0 Å². The van der Waals surface area contributed by atoms with Gasteiger partial charge in [-0.2, -0.15) is 5.10 Å². The topological polar surface area (TPSA) is 67.2 Å². The van der Waals surface area contributed by atoms with Crippen molar-refractivity contribution in [2.75, 3.05) is 31.1 Å². The summed E-state index contributed by atoms with van der Waals surface area (Å²) in [5.74, 6) is 2.50. The second kappa shape index (κ2) is 11.9. The number of carbonyl (C=O) groups excluding carboxylic acids is 1. The molecule has 2 aromatic heterocycles. The summed E-state index contributed by atoms with van der Waals surface area (Å²) >= 11 is 6.28. The molecule has 0 N–H and O–H groups in total. The average molecular weight is 531 g/mol. The van der Waals surface area contributed by atoms with Crippen LogP contribution in [-0.2, 0) is 17.6 Å². The Hall–Kier alpha value is -3.45. The molecule has 1 amide bonds. The van der Waals surface area contributed by atoms with Crippen LogP contribution in [0.4, 0.5) is 5.82 Å². The summed E-state index contributed by atoms with van der Waals surface area (Å²) in [5.41, 5.74) is 2.86. The summed E-state index contributed by atoms with van der Waals surface area (Å²) in [4.78, 5) is 27.3.